The molecule has 4 heteroatoms. The number of hydrogen-bond acceptors (Lipinski definition) is 4. The van der Waals surface area contributed by atoms with Crippen molar-refractivity contribution in [2.75, 3.05) is 13.1 Å². The van der Waals surface area contributed by atoms with Crippen molar-refractivity contribution < 1.29 is 14.4 Å². The van der Waals surface area contributed by atoms with Gasteiger partial charge < -0.3 is 4.90 Å². The maximum atomic E-state index is 12.0. The summed E-state index contributed by atoms with van der Waals surface area (Å²) < 4.78 is 0. The lowest BCUT2D eigenvalue weighted by Gasteiger charge is -2.30. The van der Waals surface area contributed by atoms with E-state index in [2.05, 4.69) is 0 Å². The van der Waals surface area contributed by atoms with Crippen molar-refractivity contribution in [1.82, 2.24) is 4.90 Å². The van der Waals surface area contributed by atoms with E-state index in [-0.39, 0.29) is 22.8 Å². The number of Topliss-reactive ketones (excluding diaryl/α,β-unsaturated/α-hetero) is 2. The number of carbonyl (C=O) groups excluding carboxylic acids is 3. The molecule has 0 unspecified atom stereocenters. The molecule has 0 heterocycles. The summed E-state index contributed by atoms with van der Waals surface area (Å²) in [6.07, 6.45) is 3.64. The van der Waals surface area contributed by atoms with Crippen LogP contribution in [-0.2, 0) is 14.4 Å². The highest BCUT2D eigenvalue weighted by molar-refractivity contribution is 6.23. The summed E-state index contributed by atoms with van der Waals surface area (Å²) in [5.74, 6) is -1.93. The Morgan fingerprint density at radius 3 is 2.11 bits per heavy atom. The van der Waals surface area contributed by atoms with Gasteiger partial charge in [0, 0.05) is 32.1 Å². The minimum Gasteiger partial charge on any atom is -0.378 e. The number of rotatable bonds is 5. The molecule has 0 atom stereocenters. The van der Waals surface area contributed by atoms with Crippen molar-refractivity contribution in [1.29, 1.82) is 0 Å². The van der Waals surface area contributed by atoms with E-state index < -0.39 is 5.92 Å². The maximum absolute atomic E-state index is 12.0. The van der Waals surface area contributed by atoms with E-state index in [0.717, 1.165) is 13.1 Å². The van der Waals surface area contributed by atoms with Gasteiger partial charge >= 0.3 is 0 Å². The number of ketones is 3. The van der Waals surface area contributed by atoms with Crippen LogP contribution in [0, 0.1) is 11.3 Å². The molecule has 0 aromatic carbocycles. The van der Waals surface area contributed by atoms with Gasteiger partial charge in [0.1, 0.15) is 5.92 Å². The normalized spacial score (nSPS) is 20.0. The first-order valence-electron chi connectivity index (χ1n) is 6.82. The predicted molar refractivity (Wildman–Crippen MR) is 73.6 cm³/mol. The molecule has 0 aliphatic heterocycles. The molecule has 19 heavy (non-hydrogen) atoms. The van der Waals surface area contributed by atoms with Crippen LogP contribution >= 0.6 is 0 Å². The quantitative estimate of drug-likeness (QED) is 0.563. The van der Waals surface area contributed by atoms with Gasteiger partial charge in [-0.15, -0.1) is 0 Å². The fraction of sp³-hybridized carbons (Fsp3) is 0.667. The molecule has 1 saturated carbocycles. The summed E-state index contributed by atoms with van der Waals surface area (Å²) in [7, 11) is 0. The zero-order valence-corrected chi connectivity index (χ0v) is 12.2. The molecule has 0 radical (unpaired) electrons. The first-order valence-corrected chi connectivity index (χ1v) is 6.82. The van der Waals surface area contributed by atoms with Crippen LogP contribution in [0.3, 0.4) is 0 Å². The molecule has 1 fully saturated rings. The van der Waals surface area contributed by atoms with Crippen LogP contribution in [0.4, 0.5) is 0 Å². The number of allylic oxidation sites excluding steroid dienone is 1. The standard InChI is InChI=1S/C15H23NO3/c1-5-16(6-2)8-7-11(17)14-12(18)9-15(3,4)10-13(14)19/h7-8,14H,5-6,9-10H2,1-4H3/b8-7+. The van der Waals surface area contributed by atoms with E-state index >= 15 is 0 Å². The van der Waals surface area contributed by atoms with Crippen LogP contribution in [0.2, 0.25) is 0 Å². The predicted octanol–water partition coefficient (Wildman–Crippen LogP) is 1.99. The lowest BCUT2D eigenvalue weighted by molar-refractivity contribution is -0.143. The van der Waals surface area contributed by atoms with Crippen molar-refractivity contribution in [2.45, 2.75) is 40.5 Å². The van der Waals surface area contributed by atoms with E-state index in [4.69, 9.17) is 0 Å². The molecule has 1 rings (SSSR count). The van der Waals surface area contributed by atoms with Gasteiger partial charge in [0.25, 0.3) is 0 Å². The van der Waals surface area contributed by atoms with Crippen LogP contribution in [0.5, 0.6) is 0 Å². The van der Waals surface area contributed by atoms with Crippen LogP contribution < -0.4 is 0 Å². The molecule has 0 amide bonds. The average Bonchev–Trinajstić information content (AvgIpc) is 2.27. The second-order valence-electron chi connectivity index (χ2n) is 5.82. The van der Waals surface area contributed by atoms with E-state index in [1.165, 1.54) is 6.08 Å². The SMILES string of the molecule is CCN(/C=C/C(=O)C1C(=O)CC(C)(C)CC1=O)CC. The Labute approximate surface area is 114 Å². The van der Waals surface area contributed by atoms with Crippen LogP contribution in [0.25, 0.3) is 0 Å². The zero-order chi connectivity index (χ0) is 14.6. The first-order chi connectivity index (χ1) is 8.80. The first kappa shape index (κ1) is 15.6. The van der Waals surface area contributed by atoms with Crippen molar-refractivity contribution in [2.24, 2.45) is 11.3 Å². The summed E-state index contributed by atoms with van der Waals surface area (Å²) in [6.45, 7) is 9.32. The van der Waals surface area contributed by atoms with Crippen molar-refractivity contribution in [3.63, 3.8) is 0 Å². The Hall–Kier alpha value is -1.45. The molecule has 1 aliphatic rings. The molecule has 0 N–H and O–H groups in total. The van der Waals surface area contributed by atoms with Crippen molar-refractivity contribution in [3.05, 3.63) is 12.3 Å². The van der Waals surface area contributed by atoms with E-state index in [0.29, 0.717) is 12.8 Å². The lowest BCUT2D eigenvalue weighted by Crippen LogP contribution is -2.41. The Morgan fingerprint density at radius 1 is 1.21 bits per heavy atom. The molecule has 0 saturated heterocycles. The Balaban J connectivity index is 2.77. The zero-order valence-electron chi connectivity index (χ0n) is 12.2. The van der Waals surface area contributed by atoms with E-state index in [1.54, 1.807) is 6.20 Å². The third-order valence-corrected chi connectivity index (χ3v) is 3.50. The molecule has 1 aliphatic carbocycles. The summed E-state index contributed by atoms with van der Waals surface area (Å²) in [5, 5.41) is 0. The van der Waals surface area contributed by atoms with E-state index in [9.17, 15) is 14.4 Å². The molecule has 106 valence electrons. The number of nitrogens with zero attached hydrogens (tertiary/aromatic N) is 1. The van der Waals surface area contributed by atoms with E-state index in [1.807, 2.05) is 32.6 Å². The average molecular weight is 265 g/mol. The second-order valence-corrected chi connectivity index (χ2v) is 5.82. The maximum Gasteiger partial charge on any atom is 0.175 e. The molecule has 0 aromatic rings. The second kappa shape index (κ2) is 6.13. The Bertz CT molecular complexity index is 386. The minimum absolute atomic E-state index is 0.240. The Morgan fingerprint density at radius 2 is 1.68 bits per heavy atom. The lowest BCUT2D eigenvalue weighted by atomic mass is 9.70. The third kappa shape index (κ3) is 4.01. The van der Waals surface area contributed by atoms with Gasteiger partial charge in [-0.3, -0.25) is 14.4 Å². The third-order valence-electron chi connectivity index (χ3n) is 3.50. The van der Waals surface area contributed by atoms with Crippen LogP contribution in [0.1, 0.15) is 40.5 Å². The molecule has 0 spiro atoms. The molecule has 4 nitrogen and oxygen atoms in total. The van der Waals surface area contributed by atoms with Gasteiger partial charge in [-0.05, 0) is 25.3 Å². The molecular formula is C15H23NO3. The molecular weight excluding hydrogens is 242 g/mol. The topological polar surface area (TPSA) is 54.5 Å². The summed E-state index contributed by atoms with van der Waals surface area (Å²) >= 11 is 0. The number of hydrogen-bond donors (Lipinski definition) is 0. The van der Waals surface area contributed by atoms with Gasteiger partial charge in [0.2, 0.25) is 0 Å². The fourth-order valence-corrected chi connectivity index (χ4v) is 2.42. The molecule has 0 aromatic heterocycles. The number of carbonyl (C=O) groups is 3. The highest BCUT2D eigenvalue weighted by atomic mass is 16.2. The van der Waals surface area contributed by atoms with Crippen molar-refractivity contribution >= 4 is 17.3 Å². The van der Waals surface area contributed by atoms with Gasteiger partial charge in [0.05, 0.1) is 0 Å². The van der Waals surface area contributed by atoms with Gasteiger partial charge in [0.15, 0.2) is 17.3 Å². The van der Waals surface area contributed by atoms with Gasteiger partial charge in [-0.1, -0.05) is 13.8 Å². The fourth-order valence-electron chi connectivity index (χ4n) is 2.42. The molecule has 0 bridgehead atoms. The van der Waals surface area contributed by atoms with Gasteiger partial charge in [-0.25, -0.2) is 0 Å². The van der Waals surface area contributed by atoms with Crippen LogP contribution in [-0.4, -0.2) is 35.3 Å². The smallest absolute Gasteiger partial charge is 0.175 e. The van der Waals surface area contributed by atoms with Gasteiger partial charge in [-0.2, -0.15) is 0 Å². The monoisotopic (exact) mass is 265 g/mol. The summed E-state index contributed by atoms with van der Waals surface area (Å²) in [6, 6.07) is 0. The largest absolute Gasteiger partial charge is 0.378 e. The van der Waals surface area contributed by atoms with Crippen LogP contribution in [0.15, 0.2) is 12.3 Å². The summed E-state index contributed by atoms with van der Waals surface area (Å²) in [4.78, 5) is 37.9. The highest BCUT2D eigenvalue weighted by Crippen LogP contribution is 2.34. The minimum atomic E-state index is -1.07. The van der Waals surface area contributed by atoms with Crippen molar-refractivity contribution in [3.8, 4) is 0 Å². The Kier molecular flexibility index (Phi) is 5.04. The highest BCUT2D eigenvalue weighted by Gasteiger charge is 2.42. The summed E-state index contributed by atoms with van der Waals surface area (Å²) in [5.41, 5.74) is -0.312.